The Morgan fingerprint density at radius 1 is 1.06 bits per heavy atom. The van der Waals surface area contributed by atoms with Crippen LogP contribution in [0, 0.1) is 0 Å². The number of carbonyl (C=O) groups is 4. The largest absolute Gasteiger partial charge is 0.465 e. The maximum atomic E-state index is 12.7. The van der Waals surface area contributed by atoms with Gasteiger partial charge >= 0.3 is 5.97 Å². The van der Waals surface area contributed by atoms with Crippen molar-refractivity contribution < 1.29 is 23.9 Å². The molecule has 2 aromatic carbocycles. The van der Waals surface area contributed by atoms with Gasteiger partial charge in [-0.3, -0.25) is 30.1 Å². The minimum absolute atomic E-state index is 0.0893. The molecule has 1 heterocycles. The van der Waals surface area contributed by atoms with Gasteiger partial charge in [0.15, 0.2) is 0 Å². The Morgan fingerprint density at radius 3 is 2.35 bits per heavy atom. The summed E-state index contributed by atoms with van der Waals surface area (Å²) in [6.45, 7) is 0.266. The summed E-state index contributed by atoms with van der Waals surface area (Å²) < 4.78 is 5.07. The molecule has 2 N–H and O–H groups in total. The lowest BCUT2D eigenvalue weighted by Crippen LogP contribution is -2.41. The number of thiocarbonyl (C=S) groups is 1. The van der Waals surface area contributed by atoms with E-state index in [2.05, 4.69) is 15.6 Å². The van der Waals surface area contributed by atoms with Gasteiger partial charge in [0.25, 0.3) is 11.8 Å². The Kier molecular flexibility index (Phi) is 8.80. The van der Waals surface area contributed by atoms with Gasteiger partial charge in [-0.1, -0.05) is 47.7 Å². The van der Waals surface area contributed by atoms with Crippen LogP contribution < -0.4 is 10.9 Å². The van der Waals surface area contributed by atoms with Gasteiger partial charge in [-0.15, -0.1) is 0 Å². The number of benzene rings is 2. The number of ether oxygens (including phenoxy) is 1. The molecule has 8 nitrogen and oxygen atoms in total. The molecule has 0 bridgehead atoms. The molecule has 1 aliphatic rings. The summed E-state index contributed by atoms with van der Waals surface area (Å²) in [6, 6.07) is 12.9. The van der Waals surface area contributed by atoms with Crippen LogP contribution in [-0.2, 0) is 14.3 Å². The Hall–Kier alpha value is -3.21. The van der Waals surface area contributed by atoms with Crippen molar-refractivity contribution in [3.05, 3.63) is 75.1 Å². The normalized spacial score (nSPS) is 14.3. The fourth-order valence-electron chi connectivity index (χ4n) is 2.94. The maximum Gasteiger partial charge on any atom is 0.337 e. The first-order chi connectivity index (χ1) is 16.3. The molecule has 0 atom stereocenters. The van der Waals surface area contributed by atoms with Crippen LogP contribution in [0.15, 0.2) is 53.4 Å². The number of nitrogens with zero attached hydrogens (tertiary/aromatic N) is 1. The lowest BCUT2D eigenvalue weighted by molar-refractivity contribution is -0.124. The van der Waals surface area contributed by atoms with E-state index in [4.69, 9.17) is 23.8 Å². The van der Waals surface area contributed by atoms with Gasteiger partial charge in [-0.05, 0) is 54.5 Å². The molecule has 3 rings (SSSR count). The van der Waals surface area contributed by atoms with Gasteiger partial charge in [0.2, 0.25) is 5.91 Å². The van der Waals surface area contributed by atoms with E-state index in [1.165, 1.54) is 23.8 Å². The molecular formula is C23H20ClN3O5S2. The van der Waals surface area contributed by atoms with Crippen LogP contribution in [0.3, 0.4) is 0 Å². The zero-order valence-corrected chi connectivity index (χ0v) is 20.4. The highest BCUT2D eigenvalue weighted by atomic mass is 35.5. The number of methoxy groups -OCH3 is 1. The van der Waals surface area contributed by atoms with Crippen molar-refractivity contribution in [2.24, 2.45) is 0 Å². The standard InChI is InChI=1S/C23H20ClN3O5S2/c1-32-22(31)16-6-4-14(5-7-16)13-18-21(30)27(23(33)34-18)12-2-3-19(28)25-26-20(29)15-8-10-17(24)11-9-15/h4-11,13H,2-3,12H2,1H3,(H,25,28)(H,26,29)/b18-13-. The predicted octanol–water partition coefficient (Wildman–Crippen LogP) is 3.57. The lowest BCUT2D eigenvalue weighted by atomic mass is 10.1. The van der Waals surface area contributed by atoms with Gasteiger partial charge in [-0.25, -0.2) is 4.79 Å². The number of rotatable bonds is 7. The molecule has 0 saturated carbocycles. The summed E-state index contributed by atoms with van der Waals surface area (Å²) in [4.78, 5) is 50.2. The molecule has 3 amide bonds. The number of esters is 1. The van der Waals surface area contributed by atoms with E-state index in [0.29, 0.717) is 31.8 Å². The number of hydrogen-bond acceptors (Lipinski definition) is 7. The van der Waals surface area contributed by atoms with Crippen LogP contribution in [0.2, 0.25) is 5.02 Å². The van der Waals surface area contributed by atoms with Crippen LogP contribution in [0.5, 0.6) is 0 Å². The molecule has 176 valence electrons. The van der Waals surface area contributed by atoms with Crippen molar-refractivity contribution in [3.63, 3.8) is 0 Å². The molecule has 11 heteroatoms. The van der Waals surface area contributed by atoms with Crippen LogP contribution in [0.4, 0.5) is 0 Å². The summed E-state index contributed by atoms with van der Waals surface area (Å²) in [5, 5.41) is 0.502. The molecular weight excluding hydrogens is 498 g/mol. The van der Waals surface area contributed by atoms with E-state index in [-0.39, 0.29) is 18.9 Å². The molecule has 1 saturated heterocycles. The van der Waals surface area contributed by atoms with Crippen LogP contribution in [-0.4, -0.2) is 46.6 Å². The number of nitrogens with one attached hydrogen (secondary N) is 2. The number of amides is 3. The summed E-state index contributed by atoms with van der Waals surface area (Å²) in [6.07, 6.45) is 2.14. The van der Waals surface area contributed by atoms with E-state index in [9.17, 15) is 19.2 Å². The highest BCUT2D eigenvalue weighted by Crippen LogP contribution is 2.32. The van der Waals surface area contributed by atoms with E-state index >= 15 is 0 Å². The van der Waals surface area contributed by atoms with Crippen molar-refractivity contribution in [1.29, 1.82) is 0 Å². The fourth-order valence-corrected chi connectivity index (χ4v) is 4.37. The van der Waals surface area contributed by atoms with Gasteiger partial charge in [0.05, 0.1) is 17.6 Å². The van der Waals surface area contributed by atoms with E-state index in [1.807, 2.05) is 0 Å². The highest BCUT2D eigenvalue weighted by molar-refractivity contribution is 8.26. The van der Waals surface area contributed by atoms with Gasteiger partial charge in [-0.2, -0.15) is 0 Å². The second-order valence-electron chi connectivity index (χ2n) is 7.06. The third kappa shape index (κ3) is 6.66. The first-order valence-electron chi connectivity index (χ1n) is 10.1. The number of halogens is 1. The predicted molar refractivity (Wildman–Crippen MR) is 134 cm³/mol. The highest BCUT2D eigenvalue weighted by Gasteiger charge is 2.31. The average molecular weight is 518 g/mol. The molecule has 34 heavy (non-hydrogen) atoms. The minimum atomic E-state index is -0.466. The number of thioether (sulfide) groups is 1. The second-order valence-corrected chi connectivity index (χ2v) is 9.17. The van der Waals surface area contributed by atoms with Crippen molar-refractivity contribution in [2.75, 3.05) is 13.7 Å². The quantitative estimate of drug-likeness (QED) is 0.250. The minimum Gasteiger partial charge on any atom is -0.465 e. The lowest BCUT2D eigenvalue weighted by Gasteiger charge is -2.14. The SMILES string of the molecule is COC(=O)c1ccc(/C=C2\SC(=S)N(CCCC(=O)NNC(=O)c3ccc(Cl)cc3)C2=O)cc1. The Morgan fingerprint density at radius 2 is 1.71 bits per heavy atom. The zero-order valence-electron chi connectivity index (χ0n) is 18.0. The Labute approximate surface area is 210 Å². The van der Waals surface area contributed by atoms with Crippen molar-refractivity contribution in [1.82, 2.24) is 15.8 Å². The Balaban J connectivity index is 1.47. The number of hydrazine groups is 1. The summed E-state index contributed by atoms with van der Waals surface area (Å²) in [7, 11) is 1.31. The maximum absolute atomic E-state index is 12.7. The number of hydrogen-bond donors (Lipinski definition) is 2. The summed E-state index contributed by atoms with van der Waals surface area (Å²) >= 11 is 12.3. The van der Waals surface area contributed by atoms with Crippen molar-refractivity contribution >= 4 is 69.7 Å². The van der Waals surface area contributed by atoms with E-state index < -0.39 is 17.8 Å². The van der Waals surface area contributed by atoms with Crippen LogP contribution in [0.1, 0.15) is 39.1 Å². The Bertz CT molecular complexity index is 1150. The van der Waals surface area contributed by atoms with Crippen molar-refractivity contribution in [3.8, 4) is 0 Å². The zero-order chi connectivity index (χ0) is 24.7. The second kappa shape index (κ2) is 11.8. The molecule has 0 aliphatic carbocycles. The molecule has 1 aliphatic heterocycles. The monoisotopic (exact) mass is 517 g/mol. The topological polar surface area (TPSA) is 105 Å². The van der Waals surface area contributed by atoms with Crippen LogP contribution >= 0.6 is 35.6 Å². The van der Waals surface area contributed by atoms with Crippen molar-refractivity contribution in [2.45, 2.75) is 12.8 Å². The van der Waals surface area contributed by atoms with Gasteiger partial charge in [0.1, 0.15) is 4.32 Å². The molecule has 1 fully saturated rings. The summed E-state index contributed by atoms with van der Waals surface area (Å²) in [5.41, 5.74) is 6.18. The average Bonchev–Trinajstić information content (AvgIpc) is 3.10. The molecule has 0 aromatic heterocycles. The third-order valence-electron chi connectivity index (χ3n) is 4.71. The molecule has 2 aromatic rings. The first kappa shape index (κ1) is 25.4. The van der Waals surface area contributed by atoms with Gasteiger partial charge < -0.3 is 4.74 Å². The number of carbonyl (C=O) groups excluding carboxylic acids is 4. The fraction of sp³-hybridized carbons (Fsp3) is 0.174. The van der Waals surface area contributed by atoms with Crippen LogP contribution in [0.25, 0.3) is 6.08 Å². The molecule has 0 spiro atoms. The molecule has 0 radical (unpaired) electrons. The smallest absolute Gasteiger partial charge is 0.337 e. The van der Waals surface area contributed by atoms with E-state index in [1.54, 1.807) is 54.6 Å². The van der Waals surface area contributed by atoms with Gasteiger partial charge in [0, 0.05) is 23.6 Å². The summed E-state index contributed by atoms with van der Waals surface area (Å²) in [5.74, 6) is -1.55. The first-order valence-corrected chi connectivity index (χ1v) is 11.7. The third-order valence-corrected chi connectivity index (χ3v) is 6.34. The molecule has 0 unspecified atom stereocenters. The van der Waals surface area contributed by atoms with E-state index in [0.717, 1.165) is 5.56 Å².